The summed E-state index contributed by atoms with van der Waals surface area (Å²) in [5.74, 6) is -3.25. The van der Waals surface area contributed by atoms with Gasteiger partial charge in [-0.15, -0.1) is 13.2 Å². The van der Waals surface area contributed by atoms with E-state index < -0.39 is 41.7 Å². The lowest BCUT2D eigenvalue weighted by Gasteiger charge is -2.38. The number of ether oxygens (including phenoxy) is 2. The summed E-state index contributed by atoms with van der Waals surface area (Å²) in [6.45, 7) is 11.5. The van der Waals surface area contributed by atoms with Gasteiger partial charge in [-0.05, 0) is 38.2 Å². The first-order valence-electron chi connectivity index (χ1n) is 15.4. The molecule has 4 rings (SSSR count). The molecule has 2 bridgehead atoms. The number of nitrogens with one attached hydrogen (secondary N) is 1. The Morgan fingerprint density at radius 1 is 1.26 bits per heavy atom. The molecule has 10 nitrogen and oxygen atoms in total. The minimum Gasteiger partial charge on any atom is -0.455 e. The molecule has 43 heavy (non-hydrogen) atoms. The molecule has 0 aromatic heterocycles. The highest BCUT2D eigenvalue weighted by Crippen LogP contribution is 2.59. The fraction of sp³-hybridized carbons (Fsp3) is 0.576. The van der Waals surface area contributed by atoms with E-state index in [4.69, 9.17) is 9.47 Å². The Morgan fingerprint density at radius 2 is 2.00 bits per heavy atom. The van der Waals surface area contributed by atoms with Crippen molar-refractivity contribution >= 4 is 23.7 Å². The predicted octanol–water partition coefficient (Wildman–Crippen LogP) is 2.92. The third kappa shape index (κ3) is 6.40. The molecule has 0 saturated carbocycles. The van der Waals surface area contributed by atoms with Crippen molar-refractivity contribution in [2.24, 2.45) is 11.8 Å². The number of rotatable bonds is 16. The van der Waals surface area contributed by atoms with Gasteiger partial charge in [-0.25, -0.2) is 0 Å². The normalized spacial score (nSPS) is 26.9. The second-order valence-electron chi connectivity index (χ2n) is 11.7. The molecule has 3 heterocycles. The van der Waals surface area contributed by atoms with Crippen molar-refractivity contribution < 1.29 is 33.8 Å². The van der Waals surface area contributed by atoms with Gasteiger partial charge in [0.2, 0.25) is 17.7 Å². The van der Waals surface area contributed by atoms with Crippen molar-refractivity contribution in [3.05, 3.63) is 61.2 Å². The molecule has 1 aromatic rings. The number of fused-ring (bicyclic) bond motifs is 1. The number of carbonyl (C=O) groups excluding carboxylic acids is 4. The number of nitrogens with zero attached hydrogens (tertiary/aromatic N) is 2. The molecule has 1 spiro atoms. The molecule has 10 heteroatoms. The first-order chi connectivity index (χ1) is 20.7. The molecule has 3 fully saturated rings. The minimum absolute atomic E-state index is 0.0449. The van der Waals surface area contributed by atoms with Crippen LogP contribution in [0, 0.1) is 11.8 Å². The molecule has 3 saturated heterocycles. The number of carbonyl (C=O) groups is 4. The maximum absolute atomic E-state index is 14.2. The van der Waals surface area contributed by atoms with Crippen molar-refractivity contribution in [2.45, 2.75) is 82.3 Å². The summed E-state index contributed by atoms with van der Waals surface area (Å²) < 4.78 is 12.5. The summed E-state index contributed by atoms with van der Waals surface area (Å²) in [6.07, 6.45) is 5.37. The maximum atomic E-state index is 14.2. The van der Waals surface area contributed by atoms with Crippen LogP contribution in [0.4, 0.5) is 0 Å². The number of likely N-dealkylation sites (tertiary alicyclic amines) is 1. The zero-order chi connectivity index (χ0) is 31.1. The largest absolute Gasteiger partial charge is 0.455 e. The summed E-state index contributed by atoms with van der Waals surface area (Å²) in [5, 5.41) is 12.7. The molecule has 0 aliphatic carbocycles. The van der Waals surface area contributed by atoms with Crippen LogP contribution in [0.2, 0.25) is 0 Å². The van der Waals surface area contributed by atoms with Crippen LogP contribution in [-0.4, -0.2) is 88.6 Å². The van der Waals surface area contributed by atoms with E-state index in [9.17, 15) is 24.3 Å². The summed E-state index contributed by atoms with van der Waals surface area (Å²) in [6, 6.07) is 8.07. The fourth-order valence-electron chi connectivity index (χ4n) is 7.05. The number of allylic oxidation sites excluding steroid dienone is 1. The molecule has 1 aromatic carbocycles. The van der Waals surface area contributed by atoms with E-state index in [1.54, 1.807) is 17.1 Å². The van der Waals surface area contributed by atoms with Crippen LogP contribution in [0.3, 0.4) is 0 Å². The van der Waals surface area contributed by atoms with Crippen LogP contribution in [0.15, 0.2) is 55.6 Å². The van der Waals surface area contributed by atoms with Gasteiger partial charge in [0.15, 0.2) is 0 Å². The van der Waals surface area contributed by atoms with Crippen LogP contribution in [0.25, 0.3) is 0 Å². The molecule has 1 unspecified atom stereocenters. The molecule has 3 aliphatic rings. The van der Waals surface area contributed by atoms with Gasteiger partial charge in [0.25, 0.3) is 0 Å². The van der Waals surface area contributed by atoms with Gasteiger partial charge in [0.05, 0.1) is 31.1 Å². The summed E-state index contributed by atoms with van der Waals surface area (Å²) in [4.78, 5) is 57.6. The highest BCUT2D eigenvalue weighted by atomic mass is 16.6. The number of amides is 3. The second-order valence-corrected chi connectivity index (χ2v) is 11.7. The monoisotopic (exact) mass is 595 g/mol. The lowest BCUT2D eigenvalue weighted by atomic mass is 9.70. The Balaban J connectivity index is 1.61. The Bertz CT molecular complexity index is 1190. The van der Waals surface area contributed by atoms with Crippen LogP contribution in [-0.2, 0) is 28.7 Å². The highest BCUT2D eigenvalue weighted by molar-refractivity contribution is 5.98. The molecule has 7 atom stereocenters. The summed E-state index contributed by atoms with van der Waals surface area (Å²) in [5.41, 5.74) is -0.485. The van der Waals surface area contributed by atoms with E-state index in [2.05, 4.69) is 18.5 Å². The summed E-state index contributed by atoms with van der Waals surface area (Å²) in [7, 11) is 0. The SMILES string of the molecule is C=CCCC(=O)NC[C@@H](OC(=O)[C@@H]1[C@H]2C(=O)N(CCO)[C@H](C(=O)N(CC=C)C(C)CCC)[C@]23CC[C@H]1O3)c1ccccc1. The highest BCUT2D eigenvalue weighted by Gasteiger charge is 2.75. The Hall–Kier alpha value is -3.50. The Kier molecular flexibility index (Phi) is 10.8. The number of β-amino-alcohol motifs (C(OH)–C–C–N with tert-alkyl or cyclic N) is 1. The van der Waals surface area contributed by atoms with Crippen molar-refractivity contribution in [1.29, 1.82) is 0 Å². The molecule has 3 amide bonds. The molecule has 234 valence electrons. The van der Waals surface area contributed by atoms with Gasteiger partial charge in [-0.2, -0.15) is 0 Å². The standard InChI is InChI=1S/C33H45N3O7/c1-5-8-15-26(38)34-21-25(23-13-10-9-11-14-23)42-32(41)27-24-16-17-33(43-24)28(27)30(39)36(19-20-37)29(33)31(40)35(18-7-3)22(4)12-6-2/h5,7,9-11,13-14,22,24-25,27-29,37H,1,3,6,8,12,15-21H2,2,4H3,(H,34,38)/t22?,24-,25-,27+,28+,29-,33+/m1/s1. The van der Waals surface area contributed by atoms with Crippen LogP contribution in [0.5, 0.6) is 0 Å². The lowest BCUT2D eigenvalue weighted by Crippen LogP contribution is -2.58. The number of hydrogen-bond acceptors (Lipinski definition) is 7. The third-order valence-electron chi connectivity index (χ3n) is 8.98. The quantitative estimate of drug-likeness (QED) is 0.222. The first kappa shape index (κ1) is 32.4. The van der Waals surface area contributed by atoms with Gasteiger partial charge in [0, 0.05) is 25.6 Å². The van der Waals surface area contributed by atoms with Gasteiger partial charge in [0.1, 0.15) is 17.7 Å². The minimum atomic E-state index is -1.19. The fourth-order valence-corrected chi connectivity index (χ4v) is 7.05. The zero-order valence-electron chi connectivity index (χ0n) is 25.3. The Morgan fingerprint density at radius 3 is 2.65 bits per heavy atom. The van der Waals surface area contributed by atoms with E-state index in [0.29, 0.717) is 31.4 Å². The molecule has 2 N–H and O–H groups in total. The van der Waals surface area contributed by atoms with E-state index >= 15 is 0 Å². The number of aliphatic hydroxyl groups excluding tert-OH is 1. The lowest BCUT2D eigenvalue weighted by molar-refractivity contribution is -0.160. The van der Waals surface area contributed by atoms with Gasteiger partial charge < -0.3 is 29.7 Å². The maximum Gasteiger partial charge on any atom is 0.313 e. The number of aliphatic hydroxyl groups is 1. The molecule has 0 radical (unpaired) electrons. The Labute approximate surface area is 254 Å². The van der Waals surface area contributed by atoms with E-state index in [1.165, 1.54) is 4.90 Å². The molecule has 3 aliphatic heterocycles. The first-order valence-corrected chi connectivity index (χ1v) is 15.4. The van der Waals surface area contributed by atoms with Crippen LogP contribution >= 0.6 is 0 Å². The number of benzene rings is 1. The van der Waals surface area contributed by atoms with Gasteiger partial charge >= 0.3 is 5.97 Å². The van der Waals surface area contributed by atoms with Crippen molar-refractivity contribution in [3.8, 4) is 0 Å². The van der Waals surface area contributed by atoms with Crippen molar-refractivity contribution in [1.82, 2.24) is 15.1 Å². The van der Waals surface area contributed by atoms with Crippen LogP contribution in [0.1, 0.15) is 64.0 Å². The molecular weight excluding hydrogens is 550 g/mol. The van der Waals surface area contributed by atoms with Crippen molar-refractivity contribution in [2.75, 3.05) is 26.2 Å². The van der Waals surface area contributed by atoms with Crippen LogP contribution < -0.4 is 5.32 Å². The average molecular weight is 596 g/mol. The van der Waals surface area contributed by atoms with E-state index in [-0.39, 0.29) is 49.9 Å². The number of esters is 1. The predicted molar refractivity (Wildman–Crippen MR) is 160 cm³/mol. The third-order valence-corrected chi connectivity index (χ3v) is 8.98. The number of hydrogen-bond donors (Lipinski definition) is 2. The molecular formula is C33H45N3O7. The topological polar surface area (TPSA) is 125 Å². The van der Waals surface area contributed by atoms with Crippen molar-refractivity contribution in [3.63, 3.8) is 0 Å². The van der Waals surface area contributed by atoms with E-state index in [0.717, 1.165) is 12.8 Å². The van der Waals surface area contributed by atoms with Gasteiger partial charge in [-0.3, -0.25) is 19.2 Å². The smallest absolute Gasteiger partial charge is 0.313 e. The van der Waals surface area contributed by atoms with Gasteiger partial charge in [-0.1, -0.05) is 55.8 Å². The second kappa shape index (κ2) is 14.3. The van der Waals surface area contributed by atoms with E-state index in [1.807, 2.05) is 44.2 Å². The average Bonchev–Trinajstić information content (AvgIpc) is 3.64. The zero-order valence-corrected chi connectivity index (χ0v) is 25.3. The summed E-state index contributed by atoms with van der Waals surface area (Å²) >= 11 is 0.